The van der Waals surface area contributed by atoms with Gasteiger partial charge in [0.05, 0.1) is 0 Å². The molecule has 0 spiro atoms. The maximum absolute atomic E-state index is 6.28. The molecule has 1 aliphatic heterocycles. The molecule has 3 heteroatoms. The average Bonchev–Trinajstić information content (AvgIpc) is 2.91. The van der Waals surface area contributed by atoms with Crippen molar-refractivity contribution in [2.75, 3.05) is 6.61 Å². The normalized spacial score (nSPS) is 25.1. The van der Waals surface area contributed by atoms with Crippen LogP contribution in [0, 0.1) is 5.92 Å². The first-order chi connectivity index (χ1) is 8.83. The lowest BCUT2D eigenvalue weighted by Gasteiger charge is -2.31. The van der Waals surface area contributed by atoms with Gasteiger partial charge in [0.1, 0.15) is 12.7 Å². The molecular weight excluding hydrogens is 226 g/mol. The van der Waals surface area contributed by atoms with E-state index in [1.165, 1.54) is 25.7 Å². The van der Waals surface area contributed by atoms with Crippen LogP contribution in [0.1, 0.15) is 32.1 Å². The number of hydrogen-bond acceptors (Lipinski definition) is 3. The molecule has 1 fully saturated rings. The fourth-order valence-electron chi connectivity index (χ4n) is 3.03. The van der Waals surface area contributed by atoms with Crippen molar-refractivity contribution in [3.63, 3.8) is 0 Å². The van der Waals surface area contributed by atoms with E-state index in [1.807, 2.05) is 24.3 Å². The van der Waals surface area contributed by atoms with Gasteiger partial charge in [-0.05, 0) is 24.5 Å². The van der Waals surface area contributed by atoms with E-state index < -0.39 is 0 Å². The van der Waals surface area contributed by atoms with Gasteiger partial charge in [-0.25, -0.2) is 0 Å². The van der Waals surface area contributed by atoms with Crippen LogP contribution in [0.15, 0.2) is 24.3 Å². The molecule has 1 aromatic carbocycles. The van der Waals surface area contributed by atoms with E-state index in [9.17, 15) is 0 Å². The summed E-state index contributed by atoms with van der Waals surface area (Å²) in [6.07, 6.45) is 6.46. The van der Waals surface area contributed by atoms with Gasteiger partial charge in [-0.2, -0.15) is 0 Å². The molecule has 0 radical (unpaired) electrons. The van der Waals surface area contributed by atoms with E-state index >= 15 is 0 Å². The highest BCUT2D eigenvalue weighted by Gasteiger charge is 2.29. The summed E-state index contributed by atoms with van der Waals surface area (Å²) in [6.45, 7) is 0.574. The Morgan fingerprint density at radius 1 is 1.17 bits per heavy atom. The van der Waals surface area contributed by atoms with E-state index in [4.69, 9.17) is 15.2 Å². The van der Waals surface area contributed by atoms with Crippen LogP contribution >= 0.6 is 0 Å². The van der Waals surface area contributed by atoms with Crippen molar-refractivity contribution in [3.8, 4) is 11.5 Å². The molecule has 1 aromatic rings. The van der Waals surface area contributed by atoms with E-state index in [1.54, 1.807) is 0 Å². The number of hydrogen-bond donors (Lipinski definition) is 1. The molecule has 2 atom stereocenters. The lowest BCUT2D eigenvalue weighted by atomic mass is 9.95. The van der Waals surface area contributed by atoms with Gasteiger partial charge in [-0.1, -0.05) is 37.8 Å². The Bertz CT molecular complexity index is 401. The molecule has 18 heavy (non-hydrogen) atoms. The van der Waals surface area contributed by atoms with Gasteiger partial charge < -0.3 is 15.2 Å². The van der Waals surface area contributed by atoms with Crippen molar-refractivity contribution in [1.29, 1.82) is 0 Å². The summed E-state index contributed by atoms with van der Waals surface area (Å²) < 4.78 is 11.7. The average molecular weight is 247 g/mol. The van der Waals surface area contributed by atoms with Crippen molar-refractivity contribution < 1.29 is 9.47 Å². The second kappa shape index (κ2) is 5.19. The summed E-state index contributed by atoms with van der Waals surface area (Å²) >= 11 is 0. The first-order valence-electron chi connectivity index (χ1n) is 6.97. The van der Waals surface area contributed by atoms with Crippen molar-refractivity contribution in [2.24, 2.45) is 11.7 Å². The lowest BCUT2D eigenvalue weighted by molar-refractivity contribution is 0.0659. The van der Waals surface area contributed by atoms with Crippen molar-refractivity contribution >= 4 is 0 Å². The zero-order valence-corrected chi connectivity index (χ0v) is 10.7. The van der Waals surface area contributed by atoms with Gasteiger partial charge >= 0.3 is 0 Å². The standard InChI is InChI=1S/C15H21NO2/c16-12(9-11-5-1-2-6-11)15-10-17-13-7-3-4-8-14(13)18-15/h3-4,7-8,11-12,15H,1-2,5-6,9-10,16H2/t12-,15+/m1/s1. The molecule has 2 aliphatic rings. The third-order valence-corrected chi connectivity index (χ3v) is 4.09. The van der Waals surface area contributed by atoms with E-state index in [2.05, 4.69) is 0 Å². The Kier molecular flexibility index (Phi) is 3.41. The quantitative estimate of drug-likeness (QED) is 0.893. The number of ether oxygens (including phenoxy) is 2. The number of rotatable bonds is 3. The summed E-state index contributed by atoms with van der Waals surface area (Å²) in [6, 6.07) is 7.90. The van der Waals surface area contributed by atoms with Crippen LogP contribution in [0.25, 0.3) is 0 Å². The largest absolute Gasteiger partial charge is 0.486 e. The summed E-state index contributed by atoms with van der Waals surface area (Å²) in [5.41, 5.74) is 6.28. The molecule has 2 N–H and O–H groups in total. The van der Waals surface area contributed by atoms with E-state index in [0.29, 0.717) is 6.61 Å². The van der Waals surface area contributed by atoms with Crippen LogP contribution in [0.5, 0.6) is 11.5 Å². The minimum Gasteiger partial charge on any atom is -0.486 e. The highest BCUT2D eigenvalue weighted by Crippen LogP contribution is 2.33. The second-order valence-corrected chi connectivity index (χ2v) is 5.46. The number of nitrogens with two attached hydrogens (primary N) is 1. The van der Waals surface area contributed by atoms with Crippen molar-refractivity contribution in [3.05, 3.63) is 24.3 Å². The molecule has 0 aromatic heterocycles. The Morgan fingerprint density at radius 3 is 2.67 bits per heavy atom. The Balaban J connectivity index is 1.60. The third-order valence-electron chi connectivity index (χ3n) is 4.09. The minimum atomic E-state index is 0.000463. The molecule has 1 heterocycles. The van der Waals surface area contributed by atoms with Gasteiger partial charge in [0.25, 0.3) is 0 Å². The van der Waals surface area contributed by atoms with Gasteiger partial charge in [0.2, 0.25) is 0 Å². The van der Waals surface area contributed by atoms with Gasteiger partial charge in [0.15, 0.2) is 11.5 Å². The summed E-state index contributed by atoms with van der Waals surface area (Å²) in [5.74, 6) is 2.46. The SMILES string of the molecule is N[C@H](CC1CCCC1)[C@@H]1COc2ccccc2O1. The molecule has 0 unspecified atom stereocenters. The zero-order chi connectivity index (χ0) is 12.4. The zero-order valence-electron chi connectivity index (χ0n) is 10.7. The van der Waals surface area contributed by atoms with Crippen LogP contribution in [0.3, 0.4) is 0 Å². The molecule has 1 saturated carbocycles. The van der Waals surface area contributed by atoms with Gasteiger partial charge in [-0.15, -0.1) is 0 Å². The van der Waals surface area contributed by atoms with Crippen LogP contribution in [-0.4, -0.2) is 18.8 Å². The number of fused-ring (bicyclic) bond motifs is 1. The molecular formula is C15H21NO2. The van der Waals surface area contributed by atoms with Gasteiger partial charge in [-0.3, -0.25) is 0 Å². The summed E-state index contributed by atoms with van der Waals surface area (Å²) in [5, 5.41) is 0. The molecule has 0 amide bonds. The first-order valence-corrected chi connectivity index (χ1v) is 6.97. The first kappa shape index (κ1) is 11.8. The minimum absolute atomic E-state index is 0.000463. The topological polar surface area (TPSA) is 44.5 Å². The summed E-state index contributed by atoms with van der Waals surface area (Å²) in [7, 11) is 0. The maximum Gasteiger partial charge on any atom is 0.161 e. The predicted molar refractivity (Wildman–Crippen MR) is 70.9 cm³/mol. The van der Waals surface area contributed by atoms with E-state index in [0.717, 1.165) is 23.8 Å². The highest BCUT2D eigenvalue weighted by molar-refractivity contribution is 5.40. The number of benzene rings is 1. The van der Waals surface area contributed by atoms with Crippen LogP contribution in [-0.2, 0) is 0 Å². The fourth-order valence-corrected chi connectivity index (χ4v) is 3.03. The fraction of sp³-hybridized carbons (Fsp3) is 0.600. The Labute approximate surface area is 108 Å². The molecule has 0 bridgehead atoms. The molecule has 98 valence electrons. The number of para-hydroxylation sites is 2. The predicted octanol–water partition coefficient (Wildman–Crippen LogP) is 2.73. The third kappa shape index (κ3) is 2.46. The van der Waals surface area contributed by atoms with E-state index in [-0.39, 0.29) is 12.1 Å². The summed E-state index contributed by atoms with van der Waals surface area (Å²) in [4.78, 5) is 0. The molecule has 0 saturated heterocycles. The monoisotopic (exact) mass is 247 g/mol. The lowest BCUT2D eigenvalue weighted by Crippen LogP contribution is -2.45. The molecule has 1 aliphatic carbocycles. The van der Waals surface area contributed by atoms with Crippen LogP contribution in [0.2, 0.25) is 0 Å². The molecule has 3 nitrogen and oxygen atoms in total. The Morgan fingerprint density at radius 2 is 1.89 bits per heavy atom. The Hall–Kier alpha value is -1.22. The van der Waals surface area contributed by atoms with Crippen molar-refractivity contribution in [2.45, 2.75) is 44.2 Å². The van der Waals surface area contributed by atoms with Crippen LogP contribution < -0.4 is 15.2 Å². The van der Waals surface area contributed by atoms with Gasteiger partial charge in [0, 0.05) is 6.04 Å². The maximum atomic E-state index is 6.28. The van der Waals surface area contributed by atoms with Crippen LogP contribution in [0.4, 0.5) is 0 Å². The molecule has 3 rings (SSSR count). The smallest absolute Gasteiger partial charge is 0.161 e. The van der Waals surface area contributed by atoms with Crippen molar-refractivity contribution in [1.82, 2.24) is 0 Å². The highest BCUT2D eigenvalue weighted by atomic mass is 16.6. The second-order valence-electron chi connectivity index (χ2n) is 5.46.